The lowest BCUT2D eigenvalue weighted by atomic mass is 9.97. The first kappa shape index (κ1) is 17.6. The molecule has 25 heavy (non-hydrogen) atoms. The van der Waals surface area contributed by atoms with Crippen LogP contribution < -0.4 is 5.63 Å². The summed E-state index contributed by atoms with van der Waals surface area (Å²) in [5, 5.41) is 0.756. The van der Waals surface area contributed by atoms with Crippen molar-refractivity contribution < 1.29 is 18.7 Å². The van der Waals surface area contributed by atoms with E-state index in [0.29, 0.717) is 44.4 Å². The summed E-state index contributed by atoms with van der Waals surface area (Å²) in [6.45, 7) is 3.12. The molecule has 1 aromatic carbocycles. The van der Waals surface area contributed by atoms with Gasteiger partial charge in [0.2, 0.25) is 0 Å². The van der Waals surface area contributed by atoms with Gasteiger partial charge in [-0.05, 0) is 30.9 Å². The van der Waals surface area contributed by atoms with Crippen molar-refractivity contribution in [1.82, 2.24) is 4.90 Å². The fraction of sp³-hybridized carbons (Fsp3) is 0.474. The quantitative estimate of drug-likeness (QED) is 0.594. The molecular formula is C19H23NO5. The van der Waals surface area contributed by atoms with Gasteiger partial charge in [0.15, 0.2) is 0 Å². The predicted octanol–water partition coefficient (Wildman–Crippen LogP) is 2.31. The van der Waals surface area contributed by atoms with E-state index in [0.717, 1.165) is 18.2 Å². The van der Waals surface area contributed by atoms with Crippen molar-refractivity contribution in [3.8, 4) is 0 Å². The number of hydrogen-bond donors (Lipinski definition) is 0. The summed E-state index contributed by atoms with van der Waals surface area (Å²) in [5.74, 6) is 0.187. The maximum atomic E-state index is 12.7. The van der Waals surface area contributed by atoms with Crippen molar-refractivity contribution in [1.29, 1.82) is 0 Å². The Kier molecular flexibility index (Phi) is 5.83. The largest absolute Gasteiger partial charge is 0.422 e. The van der Waals surface area contributed by atoms with Crippen LogP contribution in [0.15, 0.2) is 39.5 Å². The van der Waals surface area contributed by atoms with E-state index in [-0.39, 0.29) is 11.5 Å². The van der Waals surface area contributed by atoms with Crippen molar-refractivity contribution in [2.24, 2.45) is 5.92 Å². The van der Waals surface area contributed by atoms with Gasteiger partial charge < -0.3 is 18.8 Å². The summed E-state index contributed by atoms with van der Waals surface area (Å²) < 4.78 is 15.8. The molecule has 0 spiro atoms. The zero-order valence-corrected chi connectivity index (χ0v) is 14.4. The Balaban J connectivity index is 1.61. The molecule has 0 atom stereocenters. The van der Waals surface area contributed by atoms with E-state index in [1.165, 1.54) is 0 Å². The smallest absolute Gasteiger partial charge is 0.349 e. The number of benzene rings is 1. The Morgan fingerprint density at radius 1 is 1.24 bits per heavy atom. The SMILES string of the molecule is COCCOCC1CCN(C(=O)c2cc3ccccc3oc2=O)CC1. The summed E-state index contributed by atoms with van der Waals surface area (Å²) in [6.07, 6.45) is 1.75. The number of ether oxygens (including phenoxy) is 2. The Labute approximate surface area is 146 Å². The van der Waals surface area contributed by atoms with Crippen molar-refractivity contribution >= 4 is 16.9 Å². The molecular weight excluding hydrogens is 322 g/mol. The topological polar surface area (TPSA) is 69.0 Å². The van der Waals surface area contributed by atoms with Crippen LogP contribution in [0.1, 0.15) is 23.2 Å². The van der Waals surface area contributed by atoms with E-state index in [4.69, 9.17) is 13.9 Å². The summed E-state index contributed by atoms with van der Waals surface area (Å²) in [7, 11) is 1.65. The minimum Gasteiger partial charge on any atom is -0.422 e. The van der Waals surface area contributed by atoms with Crippen LogP contribution in [0.2, 0.25) is 0 Å². The normalized spacial score (nSPS) is 15.6. The van der Waals surface area contributed by atoms with E-state index in [2.05, 4.69) is 0 Å². The maximum absolute atomic E-state index is 12.7. The Hall–Kier alpha value is -2.18. The van der Waals surface area contributed by atoms with Gasteiger partial charge in [-0.25, -0.2) is 4.79 Å². The number of carbonyl (C=O) groups is 1. The highest BCUT2D eigenvalue weighted by Gasteiger charge is 2.26. The highest BCUT2D eigenvalue weighted by atomic mass is 16.5. The fourth-order valence-electron chi connectivity index (χ4n) is 3.08. The van der Waals surface area contributed by atoms with E-state index >= 15 is 0 Å². The van der Waals surface area contributed by atoms with E-state index in [9.17, 15) is 9.59 Å². The molecule has 2 aromatic rings. The fourth-order valence-corrected chi connectivity index (χ4v) is 3.08. The molecule has 134 valence electrons. The summed E-state index contributed by atoms with van der Waals surface area (Å²) >= 11 is 0. The molecule has 1 amide bonds. The second kappa shape index (κ2) is 8.27. The highest BCUT2D eigenvalue weighted by molar-refractivity contribution is 5.96. The summed E-state index contributed by atoms with van der Waals surface area (Å²) in [6, 6.07) is 8.83. The molecule has 6 heteroatoms. The van der Waals surface area contributed by atoms with Crippen LogP contribution in [0.5, 0.6) is 0 Å². The molecule has 0 N–H and O–H groups in total. The number of fused-ring (bicyclic) bond motifs is 1. The number of para-hydroxylation sites is 1. The van der Waals surface area contributed by atoms with Crippen molar-refractivity contribution in [3.63, 3.8) is 0 Å². The Bertz CT molecular complexity index is 777. The van der Waals surface area contributed by atoms with Gasteiger partial charge in [-0.15, -0.1) is 0 Å². The molecule has 0 aliphatic carbocycles. The van der Waals surface area contributed by atoms with Gasteiger partial charge in [0, 0.05) is 32.2 Å². The van der Waals surface area contributed by atoms with E-state index in [1.807, 2.05) is 12.1 Å². The third kappa shape index (κ3) is 4.27. The van der Waals surface area contributed by atoms with Gasteiger partial charge in [0.25, 0.3) is 5.91 Å². The Morgan fingerprint density at radius 2 is 2.00 bits per heavy atom. The average Bonchev–Trinajstić information content (AvgIpc) is 2.64. The van der Waals surface area contributed by atoms with Gasteiger partial charge in [-0.3, -0.25) is 4.79 Å². The monoisotopic (exact) mass is 345 g/mol. The van der Waals surface area contributed by atoms with Crippen LogP contribution in [0.4, 0.5) is 0 Å². The molecule has 1 aliphatic rings. The highest BCUT2D eigenvalue weighted by Crippen LogP contribution is 2.20. The van der Waals surface area contributed by atoms with Crippen LogP contribution in [0, 0.1) is 5.92 Å². The van der Waals surface area contributed by atoms with Crippen LogP contribution in [-0.2, 0) is 9.47 Å². The minimum absolute atomic E-state index is 0.105. The summed E-state index contributed by atoms with van der Waals surface area (Å²) in [5.41, 5.74) is 0.0261. The third-order valence-electron chi connectivity index (χ3n) is 4.56. The molecule has 1 fully saturated rings. The summed E-state index contributed by atoms with van der Waals surface area (Å²) in [4.78, 5) is 26.6. The van der Waals surface area contributed by atoms with Crippen LogP contribution >= 0.6 is 0 Å². The first-order valence-electron chi connectivity index (χ1n) is 8.58. The lowest BCUT2D eigenvalue weighted by Gasteiger charge is -2.31. The average molecular weight is 345 g/mol. The van der Waals surface area contributed by atoms with Gasteiger partial charge in [-0.1, -0.05) is 18.2 Å². The third-order valence-corrected chi connectivity index (χ3v) is 4.56. The van der Waals surface area contributed by atoms with E-state index < -0.39 is 5.63 Å². The first-order valence-corrected chi connectivity index (χ1v) is 8.58. The number of likely N-dealkylation sites (tertiary alicyclic amines) is 1. The number of carbonyl (C=O) groups excluding carboxylic acids is 1. The molecule has 0 bridgehead atoms. The Morgan fingerprint density at radius 3 is 2.76 bits per heavy atom. The van der Waals surface area contributed by atoms with E-state index in [1.54, 1.807) is 30.2 Å². The van der Waals surface area contributed by atoms with Gasteiger partial charge in [0.05, 0.1) is 13.2 Å². The molecule has 0 saturated carbocycles. The number of piperidine rings is 1. The van der Waals surface area contributed by atoms with Crippen molar-refractivity contribution in [2.75, 3.05) is 40.0 Å². The predicted molar refractivity (Wildman–Crippen MR) is 93.8 cm³/mol. The molecule has 1 aromatic heterocycles. The second-order valence-corrected chi connectivity index (χ2v) is 6.29. The molecule has 2 heterocycles. The van der Waals surface area contributed by atoms with Crippen molar-refractivity contribution in [3.05, 3.63) is 46.3 Å². The van der Waals surface area contributed by atoms with Gasteiger partial charge >= 0.3 is 5.63 Å². The zero-order valence-electron chi connectivity index (χ0n) is 14.4. The van der Waals surface area contributed by atoms with Gasteiger partial charge in [-0.2, -0.15) is 0 Å². The maximum Gasteiger partial charge on any atom is 0.349 e. The molecule has 1 saturated heterocycles. The van der Waals surface area contributed by atoms with Gasteiger partial charge in [0.1, 0.15) is 11.1 Å². The molecule has 3 rings (SSSR count). The zero-order chi connectivity index (χ0) is 17.6. The lowest BCUT2D eigenvalue weighted by molar-refractivity contribution is 0.0326. The van der Waals surface area contributed by atoms with Crippen molar-refractivity contribution in [2.45, 2.75) is 12.8 Å². The standard InChI is InChI=1S/C19H23NO5/c1-23-10-11-24-13-14-6-8-20(9-7-14)18(21)16-12-15-4-2-3-5-17(15)25-19(16)22/h2-5,12,14H,6-11,13H2,1H3. The lowest BCUT2D eigenvalue weighted by Crippen LogP contribution is -2.41. The number of amides is 1. The van der Waals surface area contributed by atoms with Crippen LogP contribution in [-0.4, -0.2) is 50.8 Å². The minimum atomic E-state index is -0.575. The molecule has 1 aliphatic heterocycles. The number of rotatable bonds is 6. The molecule has 0 unspecified atom stereocenters. The number of hydrogen-bond acceptors (Lipinski definition) is 5. The first-order chi connectivity index (χ1) is 12.2. The van der Waals surface area contributed by atoms with Crippen LogP contribution in [0.3, 0.4) is 0 Å². The molecule has 6 nitrogen and oxygen atoms in total. The van der Waals surface area contributed by atoms with Crippen LogP contribution in [0.25, 0.3) is 11.0 Å². The molecule has 0 radical (unpaired) electrons. The number of methoxy groups -OCH3 is 1. The number of nitrogens with zero attached hydrogens (tertiary/aromatic N) is 1. The second-order valence-electron chi connectivity index (χ2n) is 6.29.